The largest absolute Gasteiger partial charge is 0.496 e. The number of nitrogens with zero attached hydrogens (tertiary/aromatic N) is 2. The molecule has 1 aromatic carbocycles. The quantitative estimate of drug-likeness (QED) is 0.787. The van der Waals surface area contributed by atoms with Crippen LogP contribution in [0.25, 0.3) is 11.5 Å². The Hall–Kier alpha value is -1.55. The molecule has 0 saturated heterocycles. The van der Waals surface area contributed by atoms with Gasteiger partial charge in [-0.3, -0.25) is 0 Å². The van der Waals surface area contributed by atoms with Crippen LogP contribution in [0.15, 0.2) is 22.7 Å². The second-order valence-corrected chi connectivity index (χ2v) is 3.43. The van der Waals surface area contributed by atoms with Crippen LogP contribution < -0.4 is 4.74 Å². The number of rotatable bonds is 2. The van der Waals surface area contributed by atoms with Crippen LogP contribution in [-0.2, 0) is 0 Å². The number of methoxy groups -OCH3 is 1. The predicted octanol–water partition coefficient (Wildman–Crippen LogP) is 2.71. The van der Waals surface area contributed by atoms with Crippen molar-refractivity contribution in [2.75, 3.05) is 7.11 Å². The van der Waals surface area contributed by atoms with E-state index in [0.717, 1.165) is 0 Å². The fourth-order valence-electron chi connectivity index (χ4n) is 1.25. The van der Waals surface area contributed by atoms with E-state index in [-0.39, 0.29) is 0 Å². The first kappa shape index (κ1) is 9.98. The van der Waals surface area contributed by atoms with Crippen molar-refractivity contribution in [1.29, 1.82) is 0 Å². The molecule has 5 heteroatoms. The highest BCUT2D eigenvalue weighted by molar-refractivity contribution is 6.30. The maximum absolute atomic E-state index is 5.89. The minimum Gasteiger partial charge on any atom is -0.496 e. The van der Waals surface area contributed by atoms with Crippen molar-refractivity contribution >= 4 is 11.6 Å². The Kier molecular flexibility index (Phi) is 2.60. The molecule has 78 valence electrons. The summed E-state index contributed by atoms with van der Waals surface area (Å²) in [5.74, 6) is 1.64. The lowest BCUT2D eigenvalue weighted by Crippen LogP contribution is -1.88. The summed E-state index contributed by atoms with van der Waals surface area (Å²) in [6.45, 7) is 1.75. The third kappa shape index (κ3) is 1.94. The zero-order valence-corrected chi connectivity index (χ0v) is 9.08. The fourth-order valence-corrected chi connectivity index (χ4v) is 1.43. The zero-order chi connectivity index (χ0) is 10.8. The number of hydrogen-bond donors (Lipinski definition) is 0. The monoisotopic (exact) mass is 224 g/mol. The van der Waals surface area contributed by atoms with Gasteiger partial charge in [-0.2, -0.15) is 4.98 Å². The van der Waals surface area contributed by atoms with Gasteiger partial charge < -0.3 is 9.26 Å². The Morgan fingerprint density at radius 3 is 2.80 bits per heavy atom. The van der Waals surface area contributed by atoms with Gasteiger partial charge in [0.2, 0.25) is 0 Å². The molecule has 2 aromatic rings. The molecular formula is C10H9ClN2O2. The topological polar surface area (TPSA) is 48.2 Å². The smallest absolute Gasteiger partial charge is 0.261 e. The molecule has 15 heavy (non-hydrogen) atoms. The van der Waals surface area contributed by atoms with Crippen LogP contribution in [0.1, 0.15) is 5.82 Å². The molecule has 0 saturated carbocycles. The predicted molar refractivity (Wildman–Crippen MR) is 56.0 cm³/mol. The summed E-state index contributed by atoms with van der Waals surface area (Å²) < 4.78 is 10.2. The van der Waals surface area contributed by atoms with E-state index in [1.165, 1.54) is 0 Å². The second kappa shape index (κ2) is 3.90. The summed E-state index contributed by atoms with van der Waals surface area (Å²) in [5, 5.41) is 4.31. The number of aryl methyl sites for hydroxylation is 1. The molecule has 2 rings (SSSR count). The van der Waals surface area contributed by atoms with Crippen molar-refractivity contribution in [3.8, 4) is 17.2 Å². The van der Waals surface area contributed by atoms with Crippen LogP contribution in [0.4, 0.5) is 0 Å². The van der Waals surface area contributed by atoms with Gasteiger partial charge in [0.05, 0.1) is 12.7 Å². The molecule has 0 amide bonds. The average molecular weight is 225 g/mol. The van der Waals surface area contributed by atoms with Gasteiger partial charge in [0.25, 0.3) is 5.89 Å². The summed E-state index contributed by atoms with van der Waals surface area (Å²) >= 11 is 5.89. The maximum atomic E-state index is 5.89. The van der Waals surface area contributed by atoms with E-state index >= 15 is 0 Å². The van der Waals surface area contributed by atoms with E-state index in [4.69, 9.17) is 20.9 Å². The Morgan fingerprint density at radius 2 is 2.20 bits per heavy atom. The van der Waals surface area contributed by atoms with E-state index in [2.05, 4.69) is 10.1 Å². The first-order valence-electron chi connectivity index (χ1n) is 4.35. The van der Waals surface area contributed by atoms with Crippen LogP contribution in [0.5, 0.6) is 5.75 Å². The summed E-state index contributed by atoms with van der Waals surface area (Å²) in [5.41, 5.74) is 0.700. The van der Waals surface area contributed by atoms with Crippen molar-refractivity contribution < 1.29 is 9.26 Å². The normalized spacial score (nSPS) is 10.3. The van der Waals surface area contributed by atoms with Crippen LogP contribution in [-0.4, -0.2) is 17.3 Å². The molecule has 0 N–H and O–H groups in total. The second-order valence-electron chi connectivity index (χ2n) is 2.99. The maximum Gasteiger partial charge on any atom is 0.261 e. The van der Waals surface area contributed by atoms with Gasteiger partial charge in [0.15, 0.2) is 5.82 Å². The summed E-state index contributed by atoms with van der Waals surface area (Å²) in [4.78, 5) is 4.11. The molecule has 1 heterocycles. The molecule has 0 aliphatic rings. The highest BCUT2D eigenvalue weighted by Gasteiger charge is 2.12. The highest BCUT2D eigenvalue weighted by atomic mass is 35.5. The SMILES string of the molecule is COc1ccc(Cl)cc1-c1nc(C)no1. The molecule has 0 bridgehead atoms. The van der Waals surface area contributed by atoms with Crippen molar-refractivity contribution in [3.63, 3.8) is 0 Å². The van der Waals surface area contributed by atoms with Gasteiger partial charge in [-0.15, -0.1) is 0 Å². The summed E-state index contributed by atoms with van der Waals surface area (Å²) in [6, 6.07) is 5.23. The molecule has 0 aliphatic heterocycles. The molecule has 0 fully saturated rings. The Balaban J connectivity index is 2.55. The Bertz CT molecular complexity index is 482. The lowest BCUT2D eigenvalue weighted by atomic mass is 10.2. The van der Waals surface area contributed by atoms with Crippen molar-refractivity contribution in [2.24, 2.45) is 0 Å². The third-order valence-electron chi connectivity index (χ3n) is 1.92. The van der Waals surface area contributed by atoms with Crippen LogP contribution in [0.2, 0.25) is 5.02 Å². The van der Waals surface area contributed by atoms with Crippen LogP contribution in [0, 0.1) is 6.92 Å². The first-order valence-corrected chi connectivity index (χ1v) is 4.72. The molecule has 0 spiro atoms. The lowest BCUT2D eigenvalue weighted by Gasteiger charge is -2.04. The van der Waals surface area contributed by atoms with Gasteiger partial charge in [0.1, 0.15) is 5.75 Å². The molecular weight excluding hydrogens is 216 g/mol. The van der Waals surface area contributed by atoms with Crippen LogP contribution in [0.3, 0.4) is 0 Å². The van der Waals surface area contributed by atoms with Gasteiger partial charge in [-0.25, -0.2) is 0 Å². The number of halogens is 1. The van der Waals surface area contributed by atoms with Gasteiger partial charge in [-0.05, 0) is 25.1 Å². The molecule has 0 radical (unpaired) electrons. The summed E-state index contributed by atoms with van der Waals surface area (Å²) in [7, 11) is 1.58. The fraction of sp³-hybridized carbons (Fsp3) is 0.200. The minimum atomic E-state index is 0.409. The lowest BCUT2D eigenvalue weighted by molar-refractivity contribution is 0.403. The van der Waals surface area contributed by atoms with E-state index < -0.39 is 0 Å². The number of aromatic nitrogens is 2. The Morgan fingerprint density at radius 1 is 1.40 bits per heavy atom. The molecule has 0 aliphatic carbocycles. The van der Waals surface area contributed by atoms with Crippen molar-refractivity contribution in [1.82, 2.24) is 10.1 Å². The summed E-state index contributed by atoms with van der Waals surface area (Å²) in [6.07, 6.45) is 0. The van der Waals surface area contributed by atoms with E-state index in [9.17, 15) is 0 Å². The van der Waals surface area contributed by atoms with E-state index in [1.54, 1.807) is 32.2 Å². The number of benzene rings is 1. The van der Waals surface area contributed by atoms with E-state index in [0.29, 0.717) is 28.1 Å². The average Bonchev–Trinajstić information content (AvgIpc) is 2.65. The van der Waals surface area contributed by atoms with Gasteiger partial charge in [-0.1, -0.05) is 16.8 Å². The zero-order valence-electron chi connectivity index (χ0n) is 8.32. The van der Waals surface area contributed by atoms with Crippen molar-refractivity contribution in [3.05, 3.63) is 29.0 Å². The first-order chi connectivity index (χ1) is 7.20. The number of ether oxygens (including phenoxy) is 1. The standard InChI is InChI=1S/C10H9ClN2O2/c1-6-12-10(15-13-6)8-5-7(11)3-4-9(8)14-2/h3-5H,1-2H3. The van der Waals surface area contributed by atoms with Gasteiger partial charge >= 0.3 is 0 Å². The van der Waals surface area contributed by atoms with Crippen molar-refractivity contribution in [2.45, 2.75) is 6.92 Å². The van der Waals surface area contributed by atoms with E-state index in [1.807, 2.05) is 0 Å². The molecule has 1 aromatic heterocycles. The van der Waals surface area contributed by atoms with Gasteiger partial charge in [0, 0.05) is 5.02 Å². The highest BCUT2D eigenvalue weighted by Crippen LogP contribution is 2.31. The molecule has 0 atom stereocenters. The molecule has 4 nitrogen and oxygen atoms in total. The number of hydrogen-bond acceptors (Lipinski definition) is 4. The minimum absolute atomic E-state index is 0.409. The third-order valence-corrected chi connectivity index (χ3v) is 2.15. The van der Waals surface area contributed by atoms with Crippen LogP contribution >= 0.6 is 11.6 Å². The molecule has 0 unspecified atom stereocenters. The Labute approximate surface area is 91.8 Å².